The zero-order valence-electron chi connectivity index (χ0n) is 13.3. The Morgan fingerprint density at radius 1 is 1.12 bits per heavy atom. The molecule has 2 fully saturated rings. The van der Waals surface area contributed by atoms with E-state index in [1.165, 1.54) is 4.90 Å². The third-order valence-electron chi connectivity index (χ3n) is 3.92. The highest BCUT2D eigenvalue weighted by Crippen LogP contribution is 2.17. The van der Waals surface area contributed by atoms with Gasteiger partial charge in [0.1, 0.15) is 13.2 Å². The summed E-state index contributed by atoms with van der Waals surface area (Å²) in [6.07, 6.45) is -1.27. The molecule has 2 aliphatic heterocycles. The SMILES string of the molecule is O=C(CN1CCOC1=O)NC(CN1C(=O)COC1=O)c1ccccc1. The molecule has 3 rings (SSSR count). The minimum atomic E-state index is -0.733. The van der Waals surface area contributed by atoms with E-state index in [0.29, 0.717) is 6.54 Å². The smallest absolute Gasteiger partial charge is 0.417 e. The van der Waals surface area contributed by atoms with Crippen molar-refractivity contribution in [1.82, 2.24) is 15.1 Å². The lowest BCUT2D eigenvalue weighted by Gasteiger charge is -2.23. The number of ether oxygens (including phenoxy) is 2. The molecule has 1 unspecified atom stereocenters. The number of amides is 4. The Hall–Kier alpha value is -3.10. The summed E-state index contributed by atoms with van der Waals surface area (Å²) in [5, 5.41) is 2.76. The van der Waals surface area contributed by atoms with Gasteiger partial charge in [0.25, 0.3) is 5.91 Å². The van der Waals surface area contributed by atoms with Crippen molar-refractivity contribution in [3.8, 4) is 0 Å². The van der Waals surface area contributed by atoms with Crippen molar-refractivity contribution in [1.29, 1.82) is 0 Å². The Morgan fingerprint density at radius 3 is 2.48 bits per heavy atom. The molecule has 0 spiro atoms. The summed E-state index contributed by atoms with van der Waals surface area (Å²) < 4.78 is 9.48. The zero-order valence-corrected chi connectivity index (χ0v) is 13.3. The van der Waals surface area contributed by atoms with Crippen molar-refractivity contribution in [2.45, 2.75) is 6.04 Å². The topological polar surface area (TPSA) is 105 Å². The maximum atomic E-state index is 12.3. The number of carbonyl (C=O) groups is 4. The van der Waals surface area contributed by atoms with Crippen LogP contribution in [0, 0.1) is 0 Å². The third-order valence-corrected chi connectivity index (χ3v) is 3.92. The molecule has 25 heavy (non-hydrogen) atoms. The van der Waals surface area contributed by atoms with Gasteiger partial charge in [-0.1, -0.05) is 30.3 Å². The van der Waals surface area contributed by atoms with E-state index < -0.39 is 30.0 Å². The van der Waals surface area contributed by atoms with Gasteiger partial charge in [0.15, 0.2) is 6.61 Å². The monoisotopic (exact) mass is 347 g/mol. The number of nitrogens with one attached hydrogen (secondary N) is 1. The van der Waals surface area contributed by atoms with E-state index in [4.69, 9.17) is 9.47 Å². The maximum Gasteiger partial charge on any atom is 0.417 e. The van der Waals surface area contributed by atoms with Crippen molar-refractivity contribution in [2.75, 3.05) is 32.8 Å². The van der Waals surface area contributed by atoms with Gasteiger partial charge in [-0.25, -0.2) is 14.5 Å². The Kier molecular flexibility index (Phi) is 4.82. The molecule has 2 heterocycles. The zero-order chi connectivity index (χ0) is 17.8. The van der Waals surface area contributed by atoms with E-state index >= 15 is 0 Å². The number of benzene rings is 1. The lowest BCUT2D eigenvalue weighted by molar-refractivity contribution is -0.127. The summed E-state index contributed by atoms with van der Waals surface area (Å²) in [7, 11) is 0. The molecule has 9 nitrogen and oxygen atoms in total. The Morgan fingerprint density at radius 2 is 1.88 bits per heavy atom. The van der Waals surface area contributed by atoms with Gasteiger partial charge < -0.3 is 14.8 Å². The molecule has 2 aliphatic rings. The van der Waals surface area contributed by atoms with Crippen molar-refractivity contribution in [3.05, 3.63) is 35.9 Å². The molecule has 0 bridgehead atoms. The molecule has 1 atom stereocenters. The first-order valence-electron chi connectivity index (χ1n) is 7.77. The second-order valence-electron chi connectivity index (χ2n) is 5.63. The predicted molar refractivity (Wildman–Crippen MR) is 83.3 cm³/mol. The lowest BCUT2D eigenvalue weighted by atomic mass is 10.1. The number of carbonyl (C=O) groups excluding carboxylic acids is 4. The molecule has 0 radical (unpaired) electrons. The molecule has 1 aromatic rings. The van der Waals surface area contributed by atoms with E-state index in [1.54, 1.807) is 24.3 Å². The second kappa shape index (κ2) is 7.20. The Balaban J connectivity index is 1.70. The van der Waals surface area contributed by atoms with E-state index in [1.807, 2.05) is 6.07 Å². The first-order valence-corrected chi connectivity index (χ1v) is 7.77. The highest BCUT2D eigenvalue weighted by Gasteiger charge is 2.34. The summed E-state index contributed by atoms with van der Waals surface area (Å²) >= 11 is 0. The van der Waals surface area contributed by atoms with E-state index in [0.717, 1.165) is 10.5 Å². The third kappa shape index (κ3) is 3.87. The van der Waals surface area contributed by atoms with Crippen LogP contribution in [0.1, 0.15) is 11.6 Å². The van der Waals surface area contributed by atoms with Crippen LogP contribution in [-0.4, -0.2) is 66.6 Å². The molecule has 1 aromatic carbocycles. The fourth-order valence-electron chi connectivity index (χ4n) is 2.64. The van der Waals surface area contributed by atoms with Crippen molar-refractivity contribution < 1.29 is 28.7 Å². The van der Waals surface area contributed by atoms with Gasteiger partial charge in [-0.2, -0.15) is 0 Å². The number of hydrogen-bond donors (Lipinski definition) is 1. The van der Waals surface area contributed by atoms with Crippen LogP contribution in [0.25, 0.3) is 0 Å². The summed E-state index contributed by atoms with van der Waals surface area (Å²) in [5.74, 6) is -0.865. The molecule has 9 heteroatoms. The normalized spacial score (nSPS) is 18.2. The first kappa shape index (κ1) is 16.7. The Labute approximate surface area is 143 Å². The van der Waals surface area contributed by atoms with Crippen molar-refractivity contribution in [2.24, 2.45) is 0 Å². The highest BCUT2D eigenvalue weighted by molar-refractivity contribution is 5.97. The fraction of sp³-hybridized carbons (Fsp3) is 0.375. The van der Waals surface area contributed by atoms with Gasteiger partial charge >= 0.3 is 12.2 Å². The summed E-state index contributed by atoms with van der Waals surface area (Å²) in [6, 6.07) is 8.34. The number of hydrogen-bond acceptors (Lipinski definition) is 6. The molecule has 1 N–H and O–H groups in total. The molecule has 4 amide bonds. The molecule has 0 aliphatic carbocycles. The first-order chi connectivity index (χ1) is 12.0. The average molecular weight is 347 g/mol. The molecule has 2 saturated heterocycles. The fourth-order valence-corrected chi connectivity index (χ4v) is 2.64. The highest BCUT2D eigenvalue weighted by atomic mass is 16.6. The summed E-state index contributed by atoms with van der Waals surface area (Å²) in [4.78, 5) is 49.4. The Bertz CT molecular complexity index is 676. The van der Waals surface area contributed by atoms with Gasteiger partial charge in [0.05, 0.1) is 19.1 Å². The number of rotatable bonds is 6. The van der Waals surface area contributed by atoms with Gasteiger partial charge in [0.2, 0.25) is 5.91 Å². The van der Waals surface area contributed by atoms with Gasteiger partial charge in [-0.15, -0.1) is 0 Å². The van der Waals surface area contributed by atoms with E-state index in [-0.39, 0.29) is 26.3 Å². The molecular formula is C16H17N3O6. The number of imide groups is 1. The second-order valence-corrected chi connectivity index (χ2v) is 5.63. The predicted octanol–water partition coefficient (Wildman–Crippen LogP) is 0.275. The molecule has 0 saturated carbocycles. The summed E-state index contributed by atoms with van der Waals surface area (Å²) in [6.45, 7) is 0.105. The van der Waals surface area contributed by atoms with Crippen molar-refractivity contribution in [3.63, 3.8) is 0 Å². The molecule has 0 aromatic heterocycles. The minimum absolute atomic E-state index is 0.0438. The van der Waals surface area contributed by atoms with Crippen LogP contribution >= 0.6 is 0 Å². The van der Waals surface area contributed by atoms with Gasteiger partial charge in [0, 0.05) is 0 Å². The summed E-state index contributed by atoms with van der Waals surface area (Å²) in [5.41, 5.74) is 0.729. The van der Waals surface area contributed by atoms with Crippen molar-refractivity contribution >= 4 is 24.0 Å². The quantitative estimate of drug-likeness (QED) is 0.792. The van der Waals surface area contributed by atoms with Crippen LogP contribution in [0.3, 0.4) is 0 Å². The van der Waals surface area contributed by atoms with Crippen LogP contribution in [0.5, 0.6) is 0 Å². The molecule has 132 valence electrons. The van der Waals surface area contributed by atoms with Gasteiger partial charge in [-0.05, 0) is 5.56 Å². The van der Waals surface area contributed by atoms with Crippen LogP contribution in [0.2, 0.25) is 0 Å². The van der Waals surface area contributed by atoms with E-state index in [2.05, 4.69) is 5.32 Å². The van der Waals surface area contributed by atoms with Crippen LogP contribution < -0.4 is 5.32 Å². The average Bonchev–Trinajstić information content (AvgIpc) is 3.15. The lowest BCUT2D eigenvalue weighted by Crippen LogP contribution is -2.44. The van der Waals surface area contributed by atoms with Gasteiger partial charge in [-0.3, -0.25) is 14.5 Å². The minimum Gasteiger partial charge on any atom is -0.448 e. The van der Waals surface area contributed by atoms with E-state index in [9.17, 15) is 19.2 Å². The standard InChI is InChI=1S/C16H17N3O6/c20-13(9-18-6-7-24-15(18)22)17-12(11-4-2-1-3-5-11)8-19-14(21)10-25-16(19)23/h1-5,12H,6-10H2,(H,17,20). The number of cyclic esters (lactones) is 2. The van der Waals surface area contributed by atoms with Crippen LogP contribution in [0.4, 0.5) is 9.59 Å². The maximum absolute atomic E-state index is 12.3. The van der Waals surface area contributed by atoms with Crippen LogP contribution in [0.15, 0.2) is 30.3 Å². The van der Waals surface area contributed by atoms with Crippen LogP contribution in [-0.2, 0) is 19.1 Å². The molecular weight excluding hydrogens is 330 g/mol. The largest absolute Gasteiger partial charge is 0.448 e. The number of nitrogens with zero attached hydrogens (tertiary/aromatic N) is 2.